The van der Waals surface area contributed by atoms with Crippen LogP contribution in [0.3, 0.4) is 0 Å². The molecule has 2 nitrogen and oxygen atoms in total. The van der Waals surface area contributed by atoms with E-state index in [1.165, 1.54) is 12.1 Å². The lowest BCUT2D eigenvalue weighted by Gasteiger charge is -2.13. The second-order valence-corrected chi connectivity index (χ2v) is 4.03. The highest BCUT2D eigenvalue weighted by atomic mass is 19.1. The van der Waals surface area contributed by atoms with Gasteiger partial charge in [0.25, 0.3) is 0 Å². The highest BCUT2D eigenvalue weighted by Crippen LogP contribution is 2.25. The van der Waals surface area contributed by atoms with E-state index in [-0.39, 0.29) is 11.9 Å². The Morgan fingerprint density at radius 3 is 2.75 bits per heavy atom. The Hall–Kier alpha value is -1.09. The van der Waals surface area contributed by atoms with E-state index < -0.39 is 0 Å². The molecule has 1 aromatic carbocycles. The summed E-state index contributed by atoms with van der Waals surface area (Å²) in [4.78, 5) is 0. The van der Waals surface area contributed by atoms with Gasteiger partial charge in [-0.05, 0) is 19.4 Å². The van der Waals surface area contributed by atoms with E-state index in [4.69, 9.17) is 10.5 Å². The van der Waals surface area contributed by atoms with Gasteiger partial charge in [0.05, 0.1) is 6.61 Å². The summed E-state index contributed by atoms with van der Waals surface area (Å²) in [5.41, 5.74) is 6.65. The molecule has 0 aliphatic carbocycles. The predicted molar refractivity (Wildman–Crippen MR) is 64.0 cm³/mol. The van der Waals surface area contributed by atoms with Crippen molar-refractivity contribution in [3.8, 4) is 5.75 Å². The molecule has 0 unspecified atom stereocenters. The summed E-state index contributed by atoms with van der Waals surface area (Å²) in [5.74, 6) is 0.293. The summed E-state index contributed by atoms with van der Waals surface area (Å²) < 4.78 is 18.6. The number of benzene rings is 1. The standard InChI is InChI=1S/C13H20FNO/c1-3-4-5-8-16-13-9-11(14)6-7-12(13)10(2)15/h6-7,9-10H,3-5,8,15H2,1-2H3/t10-/m0/s1. The maximum Gasteiger partial charge on any atom is 0.126 e. The van der Waals surface area contributed by atoms with E-state index >= 15 is 0 Å². The molecule has 1 aromatic rings. The molecule has 0 saturated heterocycles. The van der Waals surface area contributed by atoms with Gasteiger partial charge < -0.3 is 10.5 Å². The van der Waals surface area contributed by atoms with Gasteiger partial charge in [-0.25, -0.2) is 4.39 Å². The van der Waals surface area contributed by atoms with Crippen LogP contribution in [0.1, 0.15) is 44.7 Å². The van der Waals surface area contributed by atoms with Crippen LogP contribution in [0, 0.1) is 5.82 Å². The van der Waals surface area contributed by atoms with Crippen molar-refractivity contribution < 1.29 is 9.13 Å². The van der Waals surface area contributed by atoms with Crippen LogP contribution in [-0.2, 0) is 0 Å². The number of hydrogen-bond acceptors (Lipinski definition) is 2. The van der Waals surface area contributed by atoms with Gasteiger partial charge in [0.2, 0.25) is 0 Å². The fourth-order valence-electron chi connectivity index (χ4n) is 1.54. The Morgan fingerprint density at radius 2 is 2.12 bits per heavy atom. The monoisotopic (exact) mass is 225 g/mol. The zero-order valence-corrected chi connectivity index (χ0v) is 10.0. The van der Waals surface area contributed by atoms with E-state index in [1.807, 2.05) is 6.92 Å². The van der Waals surface area contributed by atoms with E-state index in [1.54, 1.807) is 6.07 Å². The molecule has 0 aliphatic rings. The Bertz CT molecular complexity index is 326. The first kappa shape index (κ1) is 13.0. The zero-order valence-electron chi connectivity index (χ0n) is 10.0. The van der Waals surface area contributed by atoms with Gasteiger partial charge in [0, 0.05) is 17.7 Å². The zero-order chi connectivity index (χ0) is 12.0. The minimum absolute atomic E-state index is 0.137. The van der Waals surface area contributed by atoms with Crippen molar-refractivity contribution in [1.82, 2.24) is 0 Å². The summed E-state index contributed by atoms with van der Waals surface area (Å²) in [6, 6.07) is 4.37. The van der Waals surface area contributed by atoms with Gasteiger partial charge in [-0.1, -0.05) is 25.8 Å². The molecule has 3 heteroatoms. The van der Waals surface area contributed by atoms with Crippen LogP contribution in [0.4, 0.5) is 4.39 Å². The molecule has 1 atom stereocenters. The van der Waals surface area contributed by atoms with Gasteiger partial charge in [0.1, 0.15) is 11.6 Å². The first-order valence-electron chi connectivity index (χ1n) is 5.83. The van der Waals surface area contributed by atoms with Crippen molar-refractivity contribution >= 4 is 0 Å². The number of halogens is 1. The molecule has 0 fully saturated rings. The van der Waals surface area contributed by atoms with Gasteiger partial charge in [0.15, 0.2) is 0 Å². The van der Waals surface area contributed by atoms with E-state index in [0.717, 1.165) is 24.8 Å². The number of ether oxygens (including phenoxy) is 1. The van der Waals surface area contributed by atoms with Crippen molar-refractivity contribution in [3.05, 3.63) is 29.6 Å². The fraction of sp³-hybridized carbons (Fsp3) is 0.538. The van der Waals surface area contributed by atoms with Gasteiger partial charge in [-0.2, -0.15) is 0 Å². The fourth-order valence-corrected chi connectivity index (χ4v) is 1.54. The molecular formula is C13H20FNO. The Balaban J connectivity index is 2.65. The van der Waals surface area contributed by atoms with Crippen molar-refractivity contribution in [3.63, 3.8) is 0 Å². The Labute approximate surface area is 96.6 Å². The lowest BCUT2D eigenvalue weighted by molar-refractivity contribution is 0.300. The molecule has 1 rings (SSSR count). The maximum absolute atomic E-state index is 13.1. The average molecular weight is 225 g/mol. The summed E-state index contributed by atoms with van der Waals surface area (Å²) >= 11 is 0. The second-order valence-electron chi connectivity index (χ2n) is 4.03. The van der Waals surface area contributed by atoms with Crippen molar-refractivity contribution in [2.45, 2.75) is 39.2 Å². The minimum atomic E-state index is -0.283. The van der Waals surface area contributed by atoms with Crippen LogP contribution >= 0.6 is 0 Å². The molecule has 2 N–H and O–H groups in total. The molecule has 0 spiro atoms. The normalized spacial score (nSPS) is 12.5. The number of hydrogen-bond donors (Lipinski definition) is 1. The third kappa shape index (κ3) is 3.81. The molecule has 0 aliphatic heterocycles. The lowest BCUT2D eigenvalue weighted by atomic mass is 10.1. The number of unbranched alkanes of at least 4 members (excludes halogenated alkanes) is 2. The topological polar surface area (TPSA) is 35.2 Å². The van der Waals surface area contributed by atoms with Crippen LogP contribution in [0.2, 0.25) is 0 Å². The first-order valence-corrected chi connectivity index (χ1v) is 5.83. The number of rotatable bonds is 6. The van der Waals surface area contributed by atoms with E-state index in [9.17, 15) is 4.39 Å². The summed E-state index contributed by atoms with van der Waals surface area (Å²) in [6.07, 6.45) is 3.26. The molecule has 16 heavy (non-hydrogen) atoms. The lowest BCUT2D eigenvalue weighted by Crippen LogP contribution is -2.09. The SMILES string of the molecule is CCCCCOc1cc(F)ccc1[C@H](C)N. The molecule has 0 aromatic heterocycles. The van der Waals surface area contributed by atoms with Crippen LogP contribution in [-0.4, -0.2) is 6.61 Å². The highest BCUT2D eigenvalue weighted by molar-refractivity contribution is 5.36. The molecular weight excluding hydrogens is 205 g/mol. The minimum Gasteiger partial charge on any atom is -0.493 e. The van der Waals surface area contributed by atoms with Crippen molar-refractivity contribution in [2.24, 2.45) is 5.73 Å². The maximum atomic E-state index is 13.1. The van der Waals surface area contributed by atoms with Gasteiger partial charge in [-0.3, -0.25) is 0 Å². The smallest absolute Gasteiger partial charge is 0.126 e. The molecule has 0 saturated carbocycles. The van der Waals surface area contributed by atoms with Crippen LogP contribution in [0.15, 0.2) is 18.2 Å². The first-order chi connectivity index (χ1) is 7.65. The predicted octanol–water partition coefficient (Wildman–Crippen LogP) is 3.41. The number of nitrogens with two attached hydrogens (primary N) is 1. The summed E-state index contributed by atoms with van der Waals surface area (Å²) in [5, 5.41) is 0. The second kappa shape index (κ2) is 6.48. The largest absolute Gasteiger partial charge is 0.493 e. The van der Waals surface area contributed by atoms with Crippen LogP contribution < -0.4 is 10.5 Å². The van der Waals surface area contributed by atoms with Crippen LogP contribution in [0.5, 0.6) is 5.75 Å². The van der Waals surface area contributed by atoms with Crippen molar-refractivity contribution in [2.75, 3.05) is 6.61 Å². The van der Waals surface area contributed by atoms with Gasteiger partial charge >= 0.3 is 0 Å². The summed E-state index contributed by atoms with van der Waals surface area (Å²) in [6.45, 7) is 4.62. The molecule has 0 bridgehead atoms. The van der Waals surface area contributed by atoms with E-state index in [0.29, 0.717) is 12.4 Å². The third-order valence-corrected chi connectivity index (χ3v) is 2.47. The van der Waals surface area contributed by atoms with Gasteiger partial charge in [-0.15, -0.1) is 0 Å². The third-order valence-electron chi connectivity index (χ3n) is 2.47. The highest BCUT2D eigenvalue weighted by Gasteiger charge is 2.09. The van der Waals surface area contributed by atoms with Crippen molar-refractivity contribution in [1.29, 1.82) is 0 Å². The quantitative estimate of drug-likeness (QED) is 0.753. The van der Waals surface area contributed by atoms with Crippen LogP contribution in [0.25, 0.3) is 0 Å². The molecule has 0 radical (unpaired) electrons. The average Bonchev–Trinajstić information content (AvgIpc) is 2.24. The molecule has 0 amide bonds. The summed E-state index contributed by atoms with van der Waals surface area (Å²) in [7, 11) is 0. The molecule has 90 valence electrons. The molecule has 0 heterocycles. The Morgan fingerprint density at radius 1 is 1.38 bits per heavy atom. The Kier molecular flexibility index (Phi) is 5.26. The van der Waals surface area contributed by atoms with E-state index in [2.05, 4.69) is 6.92 Å².